The second-order valence-corrected chi connectivity index (χ2v) is 11.0. The number of hydrogen-bond donors (Lipinski definition) is 0. The molecule has 0 aromatic rings. The summed E-state index contributed by atoms with van der Waals surface area (Å²) < 4.78 is 0. The third-order valence-electron chi connectivity index (χ3n) is 5.18. The van der Waals surface area contributed by atoms with Crippen LogP contribution in [0.1, 0.15) is 174 Å². The van der Waals surface area contributed by atoms with E-state index in [1.165, 1.54) is 70.6 Å². The Balaban J connectivity index is -0.0000000830. The van der Waals surface area contributed by atoms with Crippen molar-refractivity contribution in [2.24, 2.45) is 23.7 Å². The van der Waals surface area contributed by atoms with Crippen LogP contribution in [0.4, 0.5) is 0 Å². The molecule has 2 unspecified atom stereocenters. The first-order valence-corrected chi connectivity index (χ1v) is 16.4. The Morgan fingerprint density at radius 2 is 1.30 bits per heavy atom. The predicted octanol–water partition coefficient (Wildman–Crippen LogP) is 14.8. The van der Waals surface area contributed by atoms with E-state index in [1.54, 1.807) is 6.08 Å². The molecule has 0 amide bonds. The Morgan fingerprint density at radius 1 is 0.919 bits per heavy atom. The zero-order chi connectivity index (χ0) is 30.5. The monoisotopic (exact) mass is 545 g/mol. The molecule has 0 heterocycles. The molecular weight excluding hydrogens is 468 g/mol. The summed E-state index contributed by atoms with van der Waals surface area (Å²) in [7, 11) is 0. The lowest BCUT2D eigenvalue weighted by molar-refractivity contribution is 0.396. The Bertz CT molecular complexity index is 392. The Kier molecular flexibility index (Phi) is 64.9. The molecule has 0 nitrogen and oxygen atoms in total. The number of rotatable bonds is 6. The maximum atomic E-state index is 5.32. The quantitative estimate of drug-likeness (QED) is 0.291. The van der Waals surface area contributed by atoms with E-state index < -0.39 is 0 Å². The van der Waals surface area contributed by atoms with Gasteiger partial charge in [-0.2, -0.15) is 0 Å². The summed E-state index contributed by atoms with van der Waals surface area (Å²) in [6.45, 7) is 35.3. The largest absolute Gasteiger partial charge is 0.103 e. The van der Waals surface area contributed by atoms with E-state index in [4.69, 9.17) is 11.6 Å². The molecule has 228 valence electrons. The summed E-state index contributed by atoms with van der Waals surface area (Å²) in [5, 5.41) is 0.852. The van der Waals surface area contributed by atoms with E-state index in [-0.39, 0.29) is 0 Å². The maximum Gasteiger partial charge on any atom is 0.0107 e. The average molecular weight is 545 g/mol. The van der Waals surface area contributed by atoms with Crippen LogP contribution < -0.4 is 0 Å². The van der Waals surface area contributed by atoms with Gasteiger partial charge in [0.1, 0.15) is 0 Å². The fourth-order valence-electron chi connectivity index (χ4n) is 3.18. The van der Waals surface area contributed by atoms with Crippen LogP contribution in [0, 0.1) is 23.7 Å². The molecule has 1 aliphatic carbocycles. The molecule has 1 heteroatoms. The second kappa shape index (κ2) is 48.6. The molecule has 0 aromatic heterocycles. The predicted molar refractivity (Wildman–Crippen MR) is 183 cm³/mol. The minimum atomic E-state index is 0.823. The topological polar surface area (TPSA) is 0 Å². The van der Waals surface area contributed by atoms with Crippen molar-refractivity contribution in [1.82, 2.24) is 0 Å². The zero-order valence-corrected chi connectivity index (χ0v) is 29.7. The van der Waals surface area contributed by atoms with Crippen LogP contribution in [0.3, 0.4) is 0 Å². The first-order valence-electron chi connectivity index (χ1n) is 16.0. The highest BCUT2D eigenvalue weighted by molar-refractivity contribution is 6.29. The van der Waals surface area contributed by atoms with Crippen LogP contribution in [-0.2, 0) is 0 Å². The van der Waals surface area contributed by atoms with Gasteiger partial charge in [0.05, 0.1) is 0 Å². The van der Waals surface area contributed by atoms with Gasteiger partial charge in [0.15, 0.2) is 0 Å². The molecule has 0 radical (unpaired) electrons. The van der Waals surface area contributed by atoms with Gasteiger partial charge in [-0.25, -0.2) is 0 Å². The van der Waals surface area contributed by atoms with Crippen molar-refractivity contribution in [3.8, 4) is 0 Å². The molecule has 1 aliphatic rings. The van der Waals surface area contributed by atoms with Crippen molar-refractivity contribution in [2.75, 3.05) is 0 Å². The molecule has 0 spiro atoms. The van der Waals surface area contributed by atoms with E-state index in [1.807, 2.05) is 40.7 Å². The average Bonchev–Trinajstić information content (AvgIpc) is 2.84. The molecule has 0 aromatic carbocycles. The van der Waals surface area contributed by atoms with Gasteiger partial charge >= 0.3 is 0 Å². The maximum absolute atomic E-state index is 5.32. The van der Waals surface area contributed by atoms with Crippen molar-refractivity contribution in [3.05, 3.63) is 35.9 Å². The van der Waals surface area contributed by atoms with E-state index in [9.17, 15) is 0 Å². The normalized spacial score (nSPS) is 16.0. The molecular formula is C36H77Cl. The SMILES string of the molecule is C/C=C(\C)Cl.C=CC.CC.CC(C)C.CCC.CCC1CCC=CC(C)CC1.CCCC(CC)CCC. The van der Waals surface area contributed by atoms with E-state index in [2.05, 4.69) is 88.0 Å². The van der Waals surface area contributed by atoms with Gasteiger partial charge in [0, 0.05) is 5.03 Å². The lowest BCUT2D eigenvalue weighted by atomic mass is 9.88. The fourth-order valence-corrected chi connectivity index (χ4v) is 3.18. The summed E-state index contributed by atoms with van der Waals surface area (Å²) in [6, 6.07) is 0. The van der Waals surface area contributed by atoms with Crippen LogP contribution in [0.25, 0.3) is 0 Å². The molecule has 0 bridgehead atoms. The summed E-state index contributed by atoms with van der Waals surface area (Å²) in [5.74, 6) is 3.67. The summed E-state index contributed by atoms with van der Waals surface area (Å²) in [6.07, 6.45) is 23.5. The van der Waals surface area contributed by atoms with Gasteiger partial charge in [-0.1, -0.05) is 164 Å². The summed E-state index contributed by atoms with van der Waals surface area (Å²) in [4.78, 5) is 0. The van der Waals surface area contributed by atoms with Crippen LogP contribution >= 0.6 is 11.6 Å². The van der Waals surface area contributed by atoms with Gasteiger partial charge in [-0.05, 0) is 70.1 Å². The van der Waals surface area contributed by atoms with Gasteiger partial charge in [-0.15, -0.1) is 6.58 Å². The van der Waals surface area contributed by atoms with Crippen LogP contribution in [0.15, 0.2) is 35.9 Å². The smallest absolute Gasteiger partial charge is 0.0107 e. The van der Waals surface area contributed by atoms with E-state index >= 15 is 0 Å². The molecule has 2 atom stereocenters. The van der Waals surface area contributed by atoms with Crippen LogP contribution in [-0.4, -0.2) is 0 Å². The van der Waals surface area contributed by atoms with Gasteiger partial charge in [-0.3, -0.25) is 0 Å². The molecule has 0 saturated carbocycles. The first kappa shape index (κ1) is 49.5. The lowest BCUT2D eigenvalue weighted by Gasteiger charge is -2.17. The van der Waals surface area contributed by atoms with Gasteiger partial charge < -0.3 is 0 Å². The minimum Gasteiger partial charge on any atom is -0.103 e. The number of halogens is 1. The highest BCUT2D eigenvalue weighted by Gasteiger charge is 2.09. The van der Waals surface area contributed by atoms with E-state index in [0.29, 0.717) is 0 Å². The van der Waals surface area contributed by atoms with Crippen molar-refractivity contribution < 1.29 is 0 Å². The third kappa shape index (κ3) is 72.1. The van der Waals surface area contributed by atoms with Gasteiger partial charge in [0.25, 0.3) is 0 Å². The van der Waals surface area contributed by atoms with E-state index in [0.717, 1.165) is 28.7 Å². The summed E-state index contributed by atoms with van der Waals surface area (Å²) in [5.41, 5.74) is 0. The molecule has 37 heavy (non-hydrogen) atoms. The van der Waals surface area contributed by atoms with Crippen LogP contribution in [0.5, 0.6) is 0 Å². The number of allylic oxidation sites excluding steroid dienone is 5. The highest BCUT2D eigenvalue weighted by Crippen LogP contribution is 2.23. The van der Waals surface area contributed by atoms with Crippen molar-refractivity contribution in [1.29, 1.82) is 0 Å². The lowest BCUT2D eigenvalue weighted by Crippen LogP contribution is -2.03. The minimum absolute atomic E-state index is 0.823. The number of hydrogen-bond acceptors (Lipinski definition) is 0. The molecule has 0 aliphatic heterocycles. The Hall–Kier alpha value is -0.490. The second-order valence-electron chi connectivity index (χ2n) is 10.4. The van der Waals surface area contributed by atoms with Crippen LogP contribution in [0.2, 0.25) is 0 Å². The molecule has 0 saturated heterocycles. The Morgan fingerprint density at radius 3 is 1.57 bits per heavy atom. The molecule has 1 rings (SSSR count). The van der Waals surface area contributed by atoms with Crippen molar-refractivity contribution >= 4 is 11.6 Å². The standard InChI is InChI=1S/C11H20.C9H20.C4H7Cl.C4H10.C3H8.C3H6.C2H6/c1-3-11-7-5-4-6-10(2)8-9-11;1-4-7-9(6-3)8-5-2;1-3-4(2)5;1-4(2)3;2*1-3-2;1-2/h4,6,10-11H,3,5,7-9H2,1-2H3;9H,4-8H2,1-3H3;3H,1-2H3;4H,1-3H3;3H2,1-2H3;3H,1H2,2H3;1-2H3/b;;4-3+;;;;. The van der Waals surface area contributed by atoms with Gasteiger partial charge in [0.2, 0.25) is 0 Å². The fraction of sp³-hybridized carbons (Fsp3) is 0.833. The van der Waals surface area contributed by atoms with Crippen molar-refractivity contribution in [3.63, 3.8) is 0 Å². The summed E-state index contributed by atoms with van der Waals surface area (Å²) >= 11 is 5.32. The molecule has 0 N–H and O–H groups in total. The highest BCUT2D eigenvalue weighted by atomic mass is 35.5. The Labute approximate surface area is 245 Å². The zero-order valence-electron chi connectivity index (χ0n) is 29.0. The third-order valence-corrected chi connectivity index (χ3v) is 5.40. The molecule has 0 fully saturated rings. The van der Waals surface area contributed by atoms with Crippen molar-refractivity contribution in [2.45, 2.75) is 174 Å². The first-order chi connectivity index (χ1) is 17.5.